The highest BCUT2D eigenvalue weighted by atomic mass is 32.1. The van der Waals surface area contributed by atoms with Crippen LogP contribution in [0.4, 0.5) is 10.0 Å². The molecule has 0 aromatic carbocycles. The van der Waals surface area contributed by atoms with Crippen molar-refractivity contribution in [2.24, 2.45) is 0 Å². The molecule has 0 amide bonds. The molecule has 7 heteroatoms. The lowest BCUT2D eigenvalue weighted by Gasteiger charge is -2.13. The Kier molecular flexibility index (Phi) is 3.92. The number of thiophene rings is 3. The van der Waals surface area contributed by atoms with Crippen LogP contribution in [0.25, 0.3) is 19.5 Å². The zero-order valence-electron chi connectivity index (χ0n) is 12.2. The van der Waals surface area contributed by atoms with E-state index in [0.29, 0.717) is 0 Å². The number of nitrogens with zero attached hydrogens (tertiary/aromatic N) is 2. The molecule has 0 aliphatic carbocycles. The quantitative estimate of drug-likeness (QED) is 0.441. The number of anilines is 1. The van der Waals surface area contributed by atoms with Crippen LogP contribution in [-0.4, -0.2) is 18.0 Å². The SMILES string of the molecule is O=[N+]([O-])c1ccc(-c2ccc(-c3ccc(N4CCCC4)s3)s2)s1. The van der Waals surface area contributed by atoms with E-state index in [0.717, 1.165) is 22.8 Å². The lowest BCUT2D eigenvalue weighted by atomic mass is 10.3. The summed E-state index contributed by atoms with van der Waals surface area (Å²) in [6.07, 6.45) is 2.57. The van der Waals surface area contributed by atoms with E-state index in [9.17, 15) is 10.1 Å². The van der Waals surface area contributed by atoms with Gasteiger partial charge in [-0.05, 0) is 43.2 Å². The van der Waals surface area contributed by atoms with Crippen molar-refractivity contribution in [2.45, 2.75) is 12.8 Å². The Balaban J connectivity index is 1.58. The van der Waals surface area contributed by atoms with Crippen molar-refractivity contribution in [1.29, 1.82) is 0 Å². The van der Waals surface area contributed by atoms with Gasteiger partial charge in [0.25, 0.3) is 0 Å². The number of hydrogen-bond donors (Lipinski definition) is 0. The predicted molar refractivity (Wildman–Crippen MR) is 99.0 cm³/mol. The molecule has 1 saturated heterocycles. The number of hydrogen-bond acceptors (Lipinski definition) is 6. The normalized spacial score (nSPS) is 14.5. The Hall–Kier alpha value is -1.70. The van der Waals surface area contributed by atoms with Crippen LogP contribution in [0, 0.1) is 10.1 Å². The predicted octanol–water partition coefficient (Wildman–Crippen LogP) is 5.71. The number of nitro groups is 1. The first-order valence-corrected chi connectivity index (χ1v) is 9.85. The Morgan fingerprint density at radius 2 is 1.39 bits per heavy atom. The van der Waals surface area contributed by atoms with Gasteiger partial charge in [-0.2, -0.15) is 0 Å². The summed E-state index contributed by atoms with van der Waals surface area (Å²) >= 11 is 4.77. The molecule has 0 bridgehead atoms. The van der Waals surface area contributed by atoms with Crippen LogP contribution in [0.15, 0.2) is 36.4 Å². The maximum atomic E-state index is 10.8. The Morgan fingerprint density at radius 1 is 0.826 bits per heavy atom. The second-order valence-electron chi connectivity index (χ2n) is 5.39. The maximum Gasteiger partial charge on any atom is 0.324 e. The first-order valence-electron chi connectivity index (χ1n) is 7.40. The maximum absolute atomic E-state index is 10.8. The van der Waals surface area contributed by atoms with E-state index in [1.807, 2.05) is 17.4 Å². The molecule has 1 aliphatic heterocycles. The zero-order chi connectivity index (χ0) is 15.8. The van der Waals surface area contributed by atoms with E-state index in [2.05, 4.69) is 29.2 Å². The molecule has 0 atom stereocenters. The molecule has 3 aromatic heterocycles. The zero-order valence-corrected chi connectivity index (χ0v) is 14.7. The summed E-state index contributed by atoms with van der Waals surface area (Å²) in [6, 6.07) is 12.0. The molecule has 1 fully saturated rings. The third kappa shape index (κ3) is 2.91. The summed E-state index contributed by atoms with van der Waals surface area (Å²) < 4.78 is 0. The molecule has 4 rings (SSSR count). The molecule has 1 aliphatic rings. The van der Waals surface area contributed by atoms with E-state index in [4.69, 9.17) is 0 Å². The largest absolute Gasteiger partial charge is 0.363 e. The second kappa shape index (κ2) is 6.07. The summed E-state index contributed by atoms with van der Waals surface area (Å²) in [6.45, 7) is 2.32. The van der Waals surface area contributed by atoms with Gasteiger partial charge in [-0.3, -0.25) is 10.1 Å². The van der Waals surface area contributed by atoms with Gasteiger partial charge in [0.15, 0.2) is 0 Å². The fourth-order valence-corrected chi connectivity index (χ4v) is 5.79. The molecule has 0 spiro atoms. The van der Waals surface area contributed by atoms with Gasteiger partial charge < -0.3 is 4.90 Å². The molecule has 0 N–H and O–H groups in total. The summed E-state index contributed by atoms with van der Waals surface area (Å²) in [5.74, 6) is 0. The Bertz CT molecular complexity index is 843. The molecule has 4 nitrogen and oxygen atoms in total. The standard InChI is InChI=1S/C16H14N2O2S3/c19-18(20)16-8-6-14(23-16)12-4-3-11(21-12)13-5-7-15(22-13)17-9-1-2-10-17/h3-8H,1-2,9-10H2. The molecule has 118 valence electrons. The summed E-state index contributed by atoms with van der Waals surface area (Å²) in [4.78, 5) is 17.5. The number of rotatable bonds is 4. The van der Waals surface area contributed by atoms with Crippen LogP contribution < -0.4 is 4.90 Å². The minimum absolute atomic E-state index is 0.197. The Labute approximate surface area is 145 Å². The van der Waals surface area contributed by atoms with Crippen LogP contribution in [0.5, 0.6) is 0 Å². The van der Waals surface area contributed by atoms with Gasteiger partial charge in [-0.15, -0.1) is 22.7 Å². The minimum Gasteiger partial charge on any atom is -0.363 e. The molecule has 23 heavy (non-hydrogen) atoms. The summed E-state index contributed by atoms with van der Waals surface area (Å²) in [7, 11) is 0. The van der Waals surface area contributed by atoms with E-state index in [1.54, 1.807) is 17.4 Å². The van der Waals surface area contributed by atoms with Gasteiger partial charge in [0.2, 0.25) is 0 Å². The van der Waals surface area contributed by atoms with Crippen molar-refractivity contribution in [3.05, 3.63) is 46.5 Å². The van der Waals surface area contributed by atoms with Gasteiger partial charge >= 0.3 is 5.00 Å². The molecular formula is C16H14N2O2S3. The summed E-state index contributed by atoms with van der Waals surface area (Å²) in [5, 5.41) is 12.4. The fourth-order valence-electron chi connectivity index (χ4n) is 2.73. The van der Waals surface area contributed by atoms with Crippen molar-refractivity contribution < 1.29 is 4.92 Å². The van der Waals surface area contributed by atoms with Gasteiger partial charge in [0.1, 0.15) is 0 Å². The first-order chi connectivity index (χ1) is 11.2. The van der Waals surface area contributed by atoms with Gasteiger partial charge in [0, 0.05) is 33.8 Å². The molecular weight excluding hydrogens is 348 g/mol. The minimum atomic E-state index is -0.329. The van der Waals surface area contributed by atoms with Crippen molar-refractivity contribution in [3.63, 3.8) is 0 Å². The smallest absolute Gasteiger partial charge is 0.324 e. The second-order valence-corrected chi connectivity index (χ2v) is 8.60. The van der Waals surface area contributed by atoms with Gasteiger partial charge in [0.05, 0.1) is 14.8 Å². The van der Waals surface area contributed by atoms with Crippen LogP contribution in [-0.2, 0) is 0 Å². The van der Waals surface area contributed by atoms with Gasteiger partial charge in [-0.1, -0.05) is 11.3 Å². The fraction of sp³-hybridized carbons (Fsp3) is 0.250. The highest BCUT2D eigenvalue weighted by molar-refractivity contribution is 7.28. The molecule has 0 radical (unpaired) electrons. The summed E-state index contributed by atoms with van der Waals surface area (Å²) in [5.41, 5.74) is 0. The van der Waals surface area contributed by atoms with E-state index in [1.165, 1.54) is 38.9 Å². The lowest BCUT2D eigenvalue weighted by Crippen LogP contribution is -2.15. The van der Waals surface area contributed by atoms with E-state index < -0.39 is 0 Å². The van der Waals surface area contributed by atoms with Crippen molar-refractivity contribution >= 4 is 44.0 Å². The monoisotopic (exact) mass is 362 g/mol. The average Bonchev–Trinajstić information content (AvgIpc) is 3.32. The third-order valence-corrected chi connectivity index (χ3v) is 7.53. The topological polar surface area (TPSA) is 46.4 Å². The van der Waals surface area contributed by atoms with Gasteiger partial charge in [-0.25, -0.2) is 0 Å². The average molecular weight is 363 g/mol. The van der Waals surface area contributed by atoms with Crippen LogP contribution in [0.2, 0.25) is 0 Å². The van der Waals surface area contributed by atoms with E-state index in [-0.39, 0.29) is 9.92 Å². The highest BCUT2D eigenvalue weighted by Gasteiger charge is 2.16. The molecule has 4 heterocycles. The highest BCUT2D eigenvalue weighted by Crippen LogP contribution is 2.42. The molecule has 0 unspecified atom stereocenters. The lowest BCUT2D eigenvalue weighted by molar-refractivity contribution is -0.380. The van der Waals surface area contributed by atoms with Crippen LogP contribution in [0.1, 0.15) is 12.8 Å². The van der Waals surface area contributed by atoms with Crippen molar-refractivity contribution in [2.75, 3.05) is 18.0 Å². The molecule has 3 aromatic rings. The van der Waals surface area contributed by atoms with Crippen molar-refractivity contribution in [1.82, 2.24) is 0 Å². The Morgan fingerprint density at radius 3 is 2.04 bits per heavy atom. The van der Waals surface area contributed by atoms with Crippen LogP contribution >= 0.6 is 34.0 Å². The van der Waals surface area contributed by atoms with Crippen LogP contribution in [0.3, 0.4) is 0 Å². The molecule has 0 saturated carbocycles. The van der Waals surface area contributed by atoms with E-state index >= 15 is 0 Å². The first kappa shape index (κ1) is 14.9. The van der Waals surface area contributed by atoms with Crippen molar-refractivity contribution in [3.8, 4) is 19.5 Å². The third-order valence-electron chi connectivity index (χ3n) is 3.87.